The number of carbonyl (C=O) groups is 2. The average molecular weight is 439 g/mol. The van der Waals surface area contributed by atoms with Crippen molar-refractivity contribution in [2.45, 2.75) is 90.3 Å². The van der Waals surface area contributed by atoms with Gasteiger partial charge < -0.3 is 9.47 Å². The number of hydrogen-bond donors (Lipinski definition) is 0. The summed E-state index contributed by atoms with van der Waals surface area (Å²) in [6, 6.07) is 20.2. The maximum Gasteiger partial charge on any atom is 0.306 e. The third-order valence-corrected chi connectivity index (χ3v) is 5.44. The molecule has 2 atom stereocenters. The van der Waals surface area contributed by atoms with Gasteiger partial charge in [0.15, 0.2) is 0 Å². The molecule has 32 heavy (non-hydrogen) atoms. The van der Waals surface area contributed by atoms with Crippen molar-refractivity contribution in [2.24, 2.45) is 0 Å². The minimum Gasteiger partial charge on any atom is -0.462 e. The summed E-state index contributed by atoms with van der Waals surface area (Å²) < 4.78 is 11.4. The Morgan fingerprint density at radius 3 is 1.38 bits per heavy atom. The monoisotopic (exact) mass is 438 g/mol. The fraction of sp³-hybridized carbons (Fsp3) is 0.500. The molecule has 0 saturated heterocycles. The first kappa shape index (κ1) is 25.6. The summed E-state index contributed by atoms with van der Waals surface area (Å²) in [4.78, 5) is 24.6. The fourth-order valence-electron chi connectivity index (χ4n) is 3.83. The van der Waals surface area contributed by atoms with E-state index in [1.54, 1.807) is 0 Å². The van der Waals surface area contributed by atoms with Crippen LogP contribution in [-0.2, 0) is 31.9 Å². The standard InChI is InChI=1S/C28H38O4/c1-3-13-25(21-23-15-7-5-8-16-23)31-27(29)19-11-12-20-28(30)32-26(14-4-2)22-24-17-9-6-10-18-24/h5-10,15-18,25-26H,3-4,11-14,19-22H2,1-2H3. The number of benzene rings is 2. The number of hydrogen-bond acceptors (Lipinski definition) is 4. The quantitative estimate of drug-likeness (QED) is 0.237. The van der Waals surface area contributed by atoms with Crippen LogP contribution in [0.5, 0.6) is 0 Å². The zero-order chi connectivity index (χ0) is 23.0. The molecular weight excluding hydrogens is 400 g/mol. The topological polar surface area (TPSA) is 52.6 Å². The Hall–Kier alpha value is -2.62. The third-order valence-electron chi connectivity index (χ3n) is 5.44. The van der Waals surface area contributed by atoms with E-state index in [1.807, 2.05) is 36.4 Å². The van der Waals surface area contributed by atoms with E-state index in [0.29, 0.717) is 25.7 Å². The number of rotatable bonds is 15. The van der Waals surface area contributed by atoms with Gasteiger partial charge in [0.2, 0.25) is 0 Å². The van der Waals surface area contributed by atoms with Gasteiger partial charge in [0, 0.05) is 25.7 Å². The molecule has 4 heteroatoms. The van der Waals surface area contributed by atoms with E-state index >= 15 is 0 Å². The van der Waals surface area contributed by atoms with Crippen molar-refractivity contribution < 1.29 is 19.1 Å². The summed E-state index contributed by atoms with van der Waals surface area (Å²) in [5.74, 6) is -0.360. The molecule has 0 bridgehead atoms. The Bertz CT molecular complexity index is 705. The minimum atomic E-state index is -0.180. The molecule has 0 aliphatic heterocycles. The van der Waals surface area contributed by atoms with E-state index in [4.69, 9.17) is 9.47 Å². The average Bonchev–Trinajstić information content (AvgIpc) is 2.78. The van der Waals surface area contributed by atoms with Gasteiger partial charge in [0.1, 0.15) is 12.2 Å². The zero-order valence-corrected chi connectivity index (χ0v) is 19.6. The van der Waals surface area contributed by atoms with Crippen molar-refractivity contribution in [3.8, 4) is 0 Å². The van der Waals surface area contributed by atoms with Gasteiger partial charge in [-0.15, -0.1) is 0 Å². The second kappa shape index (κ2) is 15.2. The second-order valence-corrected chi connectivity index (χ2v) is 8.39. The predicted molar refractivity (Wildman–Crippen MR) is 128 cm³/mol. The highest BCUT2D eigenvalue weighted by molar-refractivity contribution is 5.70. The number of carbonyl (C=O) groups excluding carboxylic acids is 2. The van der Waals surface area contributed by atoms with E-state index in [-0.39, 0.29) is 24.1 Å². The van der Waals surface area contributed by atoms with Crippen molar-refractivity contribution in [3.05, 3.63) is 71.8 Å². The molecule has 0 N–H and O–H groups in total. The molecule has 2 rings (SSSR count). The molecule has 4 nitrogen and oxygen atoms in total. The summed E-state index contributed by atoms with van der Waals surface area (Å²) in [7, 11) is 0. The van der Waals surface area contributed by atoms with Crippen LogP contribution in [0.2, 0.25) is 0 Å². The van der Waals surface area contributed by atoms with Crippen LogP contribution in [0.4, 0.5) is 0 Å². The lowest BCUT2D eigenvalue weighted by Crippen LogP contribution is -2.21. The lowest BCUT2D eigenvalue weighted by atomic mass is 10.0. The van der Waals surface area contributed by atoms with Gasteiger partial charge in [0.05, 0.1) is 0 Å². The largest absolute Gasteiger partial charge is 0.462 e. The molecule has 174 valence electrons. The van der Waals surface area contributed by atoms with E-state index in [0.717, 1.165) is 38.5 Å². The second-order valence-electron chi connectivity index (χ2n) is 8.39. The molecule has 2 unspecified atom stereocenters. The van der Waals surface area contributed by atoms with Crippen LogP contribution >= 0.6 is 0 Å². The lowest BCUT2D eigenvalue weighted by Gasteiger charge is -2.18. The Morgan fingerprint density at radius 2 is 1.03 bits per heavy atom. The van der Waals surface area contributed by atoms with E-state index < -0.39 is 0 Å². The van der Waals surface area contributed by atoms with Crippen molar-refractivity contribution >= 4 is 11.9 Å². The third kappa shape index (κ3) is 10.6. The molecule has 2 aromatic carbocycles. The summed E-state index contributed by atoms with van der Waals surface area (Å²) in [6.45, 7) is 4.20. The van der Waals surface area contributed by atoms with Gasteiger partial charge in [-0.1, -0.05) is 87.4 Å². The highest BCUT2D eigenvalue weighted by atomic mass is 16.5. The van der Waals surface area contributed by atoms with E-state index in [9.17, 15) is 9.59 Å². The van der Waals surface area contributed by atoms with Gasteiger partial charge >= 0.3 is 11.9 Å². The molecule has 0 aliphatic rings. The number of unbranched alkanes of at least 4 members (excludes halogenated alkanes) is 1. The van der Waals surface area contributed by atoms with Crippen LogP contribution in [0.3, 0.4) is 0 Å². The van der Waals surface area contributed by atoms with Crippen LogP contribution in [0, 0.1) is 0 Å². The Morgan fingerprint density at radius 1 is 0.656 bits per heavy atom. The summed E-state index contributed by atoms with van der Waals surface area (Å²) in [6.07, 6.45) is 6.90. The molecule has 0 fully saturated rings. The number of esters is 2. The molecule has 0 spiro atoms. The fourth-order valence-corrected chi connectivity index (χ4v) is 3.83. The Kier molecular flexibility index (Phi) is 12.2. The maximum absolute atomic E-state index is 12.3. The van der Waals surface area contributed by atoms with Crippen molar-refractivity contribution in [2.75, 3.05) is 0 Å². The van der Waals surface area contributed by atoms with Crippen LogP contribution in [0.15, 0.2) is 60.7 Å². The first-order valence-corrected chi connectivity index (χ1v) is 12.1. The highest BCUT2D eigenvalue weighted by Gasteiger charge is 2.16. The van der Waals surface area contributed by atoms with E-state index in [1.165, 1.54) is 11.1 Å². The first-order valence-electron chi connectivity index (χ1n) is 12.1. The van der Waals surface area contributed by atoms with Crippen molar-refractivity contribution in [3.63, 3.8) is 0 Å². The number of ether oxygens (including phenoxy) is 2. The predicted octanol–water partition coefficient (Wildman–Crippen LogP) is 6.46. The van der Waals surface area contributed by atoms with Gasteiger partial charge in [0.25, 0.3) is 0 Å². The lowest BCUT2D eigenvalue weighted by molar-refractivity contribution is -0.151. The normalized spacial score (nSPS) is 12.7. The first-order chi connectivity index (χ1) is 15.6. The van der Waals surface area contributed by atoms with Gasteiger partial charge in [-0.05, 0) is 36.8 Å². The van der Waals surface area contributed by atoms with Crippen LogP contribution < -0.4 is 0 Å². The molecular formula is C28H38O4. The van der Waals surface area contributed by atoms with Crippen molar-refractivity contribution in [1.82, 2.24) is 0 Å². The van der Waals surface area contributed by atoms with Crippen molar-refractivity contribution in [1.29, 1.82) is 0 Å². The van der Waals surface area contributed by atoms with Gasteiger partial charge in [-0.2, -0.15) is 0 Å². The minimum absolute atomic E-state index is 0.0901. The zero-order valence-electron chi connectivity index (χ0n) is 19.6. The van der Waals surface area contributed by atoms with E-state index in [2.05, 4.69) is 38.1 Å². The molecule has 0 amide bonds. The summed E-state index contributed by atoms with van der Waals surface area (Å²) in [5, 5.41) is 0. The van der Waals surface area contributed by atoms with Crippen LogP contribution in [-0.4, -0.2) is 24.1 Å². The molecule has 0 radical (unpaired) electrons. The van der Waals surface area contributed by atoms with Crippen LogP contribution in [0.1, 0.15) is 76.3 Å². The summed E-state index contributed by atoms with van der Waals surface area (Å²) in [5.41, 5.74) is 2.36. The van der Waals surface area contributed by atoms with Gasteiger partial charge in [-0.3, -0.25) is 9.59 Å². The van der Waals surface area contributed by atoms with Crippen LogP contribution in [0.25, 0.3) is 0 Å². The molecule has 0 aliphatic carbocycles. The highest BCUT2D eigenvalue weighted by Crippen LogP contribution is 2.15. The maximum atomic E-state index is 12.3. The Labute approximate surface area is 193 Å². The SMILES string of the molecule is CCCC(Cc1ccccc1)OC(=O)CCCCC(=O)OC(CCC)Cc1ccccc1. The molecule has 0 saturated carbocycles. The van der Waals surface area contributed by atoms with Gasteiger partial charge in [-0.25, -0.2) is 0 Å². The molecule has 0 heterocycles. The molecule has 2 aromatic rings. The summed E-state index contributed by atoms with van der Waals surface area (Å²) >= 11 is 0. The molecule has 0 aromatic heterocycles. The smallest absolute Gasteiger partial charge is 0.306 e. The Balaban J connectivity index is 1.68.